The average Bonchev–Trinajstić information content (AvgIpc) is 3.24. The zero-order chi connectivity index (χ0) is 17.4. The summed E-state index contributed by atoms with van der Waals surface area (Å²) >= 11 is 1.60. The van der Waals surface area contributed by atoms with Crippen molar-refractivity contribution in [2.24, 2.45) is 0 Å². The molecule has 0 saturated heterocycles. The molecule has 1 aliphatic rings. The summed E-state index contributed by atoms with van der Waals surface area (Å²) in [5, 5.41) is 12.5. The first-order chi connectivity index (χ1) is 12.1. The van der Waals surface area contributed by atoms with Gasteiger partial charge in [0.2, 0.25) is 5.95 Å². The van der Waals surface area contributed by atoms with Crippen molar-refractivity contribution in [3.63, 3.8) is 0 Å². The summed E-state index contributed by atoms with van der Waals surface area (Å²) in [6.07, 6.45) is 1.50. The molecule has 2 N–H and O–H groups in total. The molecule has 0 bridgehead atoms. The van der Waals surface area contributed by atoms with E-state index in [1.165, 1.54) is 6.33 Å². The summed E-state index contributed by atoms with van der Waals surface area (Å²) in [4.78, 5) is 18.3. The number of rotatable bonds is 3. The second kappa shape index (κ2) is 6.18. The van der Waals surface area contributed by atoms with Gasteiger partial charge in [-0.15, -0.1) is 11.3 Å². The predicted molar refractivity (Wildman–Crippen MR) is 98.6 cm³/mol. The summed E-state index contributed by atoms with van der Waals surface area (Å²) in [7, 11) is 0. The third kappa shape index (κ3) is 2.83. The molecule has 6 nitrogen and oxygen atoms in total. The molecule has 1 unspecified atom stereocenters. The van der Waals surface area contributed by atoms with Gasteiger partial charge >= 0.3 is 0 Å². The molecule has 4 rings (SSSR count). The number of fused-ring (bicyclic) bond motifs is 1. The van der Waals surface area contributed by atoms with E-state index in [0.29, 0.717) is 11.5 Å². The number of hydrogen-bond donors (Lipinski definition) is 2. The van der Waals surface area contributed by atoms with Gasteiger partial charge in [-0.3, -0.25) is 4.79 Å². The van der Waals surface area contributed by atoms with E-state index in [-0.39, 0.29) is 11.9 Å². The fourth-order valence-corrected chi connectivity index (χ4v) is 3.83. The Hall–Kier alpha value is -2.93. The number of amides is 1. The number of aromatic nitrogens is 3. The molecule has 126 valence electrons. The molecule has 0 spiro atoms. The Kier molecular flexibility index (Phi) is 3.85. The molecule has 1 aromatic carbocycles. The van der Waals surface area contributed by atoms with E-state index < -0.39 is 0 Å². The van der Waals surface area contributed by atoms with Crippen LogP contribution in [0, 0.1) is 6.92 Å². The number of carbonyl (C=O) groups is 1. The zero-order valence-electron chi connectivity index (χ0n) is 13.9. The smallest absolute Gasteiger partial charge is 0.255 e. The number of aryl methyl sites for hydroxylation is 1. The van der Waals surface area contributed by atoms with Gasteiger partial charge in [0.05, 0.1) is 5.57 Å². The van der Waals surface area contributed by atoms with Crippen LogP contribution in [0.5, 0.6) is 0 Å². The van der Waals surface area contributed by atoms with Crippen molar-refractivity contribution in [2.75, 3.05) is 10.6 Å². The van der Waals surface area contributed by atoms with Gasteiger partial charge in [0.15, 0.2) is 0 Å². The Morgan fingerprint density at radius 2 is 2.16 bits per heavy atom. The first-order valence-corrected chi connectivity index (χ1v) is 8.80. The molecule has 0 radical (unpaired) electrons. The van der Waals surface area contributed by atoms with Gasteiger partial charge in [0, 0.05) is 16.3 Å². The Labute approximate surface area is 149 Å². The second-order valence-corrected chi connectivity index (χ2v) is 6.91. The van der Waals surface area contributed by atoms with Crippen LogP contribution in [-0.2, 0) is 4.79 Å². The largest absolute Gasteiger partial charge is 0.328 e. The standard InChI is InChI=1S/C18H17N5OS/c1-11-5-3-6-13(9-11)22-17(24)15-12(2)21-18-19-10-20-23(18)16(15)14-7-4-8-25-14/h3-10,16H,1-2H3,(H,22,24)(H,19,20,21). The van der Waals surface area contributed by atoms with Gasteiger partial charge < -0.3 is 10.6 Å². The number of thiophene rings is 1. The molecule has 0 saturated carbocycles. The monoisotopic (exact) mass is 351 g/mol. The highest BCUT2D eigenvalue weighted by molar-refractivity contribution is 7.10. The van der Waals surface area contributed by atoms with Crippen LogP contribution in [0.1, 0.15) is 23.4 Å². The van der Waals surface area contributed by atoms with E-state index in [2.05, 4.69) is 20.7 Å². The lowest BCUT2D eigenvalue weighted by Crippen LogP contribution is -2.31. The van der Waals surface area contributed by atoms with Gasteiger partial charge in [0.1, 0.15) is 12.4 Å². The highest BCUT2D eigenvalue weighted by Gasteiger charge is 2.33. The first-order valence-electron chi connectivity index (χ1n) is 7.92. The Balaban J connectivity index is 1.74. The van der Waals surface area contributed by atoms with Crippen molar-refractivity contribution < 1.29 is 4.79 Å². The predicted octanol–water partition coefficient (Wildman–Crippen LogP) is 3.58. The third-order valence-corrected chi connectivity index (χ3v) is 5.05. The van der Waals surface area contributed by atoms with Crippen molar-refractivity contribution in [3.05, 3.63) is 69.8 Å². The van der Waals surface area contributed by atoms with Crippen molar-refractivity contribution >= 4 is 28.9 Å². The van der Waals surface area contributed by atoms with Crippen LogP contribution in [0.4, 0.5) is 11.6 Å². The van der Waals surface area contributed by atoms with E-state index in [1.807, 2.05) is 55.6 Å². The van der Waals surface area contributed by atoms with Crippen LogP contribution < -0.4 is 10.6 Å². The number of nitrogens with zero attached hydrogens (tertiary/aromatic N) is 3. The van der Waals surface area contributed by atoms with E-state index in [0.717, 1.165) is 21.8 Å². The van der Waals surface area contributed by atoms with Gasteiger partial charge in [0.25, 0.3) is 5.91 Å². The Morgan fingerprint density at radius 3 is 2.92 bits per heavy atom. The Bertz CT molecular complexity index is 958. The molecule has 1 aliphatic heterocycles. The highest BCUT2D eigenvalue weighted by atomic mass is 32.1. The number of carbonyl (C=O) groups excluding carboxylic acids is 1. The maximum atomic E-state index is 13.1. The lowest BCUT2D eigenvalue weighted by molar-refractivity contribution is -0.113. The lowest BCUT2D eigenvalue weighted by atomic mass is 10.0. The summed E-state index contributed by atoms with van der Waals surface area (Å²) in [5.41, 5.74) is 3.30. The molecule has 7 heteroatoms. The van der Waals surface area contributed by atoms with E-state index in [1.54, 1.807) is 16.0 Å². The van der Waals surface area contributed by atoms with Crippen molar-refractivity contribution in [3.8, 4) is 0 Å². The van der Waals surface area contributed by atoms with Crippen LogP contribution in [0.15, 0.2) is 59.4 Å². The minimum Gasteiger partial charge on any atom is -0.328 e. The summed E-state index contributed by atoms with van der Waals surface area (Å²) in [6, 6.07) is 11.5. The average molecular weight is 351 g/mol. The van der Waals surface area contributed by atoms with Crippen LogP contribution in [0.25, 0.3) is 0 Å². The molecule has 3 heterocycles. The number of nitrogens with one attached hydrogen (secondary N) is 2. The quantitative estimate of drug-likeness (QED) is 0.757. The topological polar surface area (TPSA) is 71.8 Å². The highest BCUT2D eigenvalue weighted by Crippen LogP contribution is 2.37. The molecule has 2 aromatic heterocycles. The SMILES string of the molecule is CC1=C(C(=O)Nc2cccc(C)c2)C(c2cccs2)n2ncnc2N1. The molecule has 1 amide bonds. The van der Waals surface area contributed by atoms with Gasteiger partial charge in [-0.05, 0) is 43.0 Å². The zero-order valence-corrected chi connectivity index (χ0v) is 14.7. The minimum absolute atomic E-state index is 0.143. The van der Waals surface area contributed by atoms with Crippen LogP contribution in [0.3, 0.4) is 0 Å². The fraction of sp³-hybridized carbons (Fsp3) is 0.167. The van der Waals surface area contributed by atoms with Gasteiger partial charge in [-0.2, -0.15) is 10.1 Å². The summed E-state index contributed by atoms with van der Waals surface area (Å²) < 4.78 is 1.75. The molecular weight excluding hydrogens is 334 g/mol. The van der Waals surface area contributed by atoms with E-state index >= 15 is 0 Å². The molecule has 0 aliphatic carbocycles. The minimum atomic E-state index is -0.288. The number of hydrogen-bond acceptors (Lipinski definition) is 5. The second-order valence-electron chi connectivity index (χ2n) is 5.93. The lowest BCUT2D eigenvalue weighted by Gasteiger charge is -2.27. The van der Waals surface area contributed by atoms with Gasteiger partial charge in [-0.1, -0.05) is 18.2 Å². The summed E-state index contributed by atoms with van der Waals surface area (Å²) in [6.45, 7) is 3.89. The van der Waals surface area contributed by atoms with Crippen molar-refractivity contribution in [1.82, 2.24) is 14.8 Å². The van der Waals surface area contributed by atoms with Crippen molar-refractivity contribution in [2.45, 2.75) is 19.9 Å². The number of allylic oxidation sites excluding steroid dienone is 1. The van der Waals surface area contributed by atoms with E-state index in [9.17, 15) is 4.79 Å². The molecule has 0 fully saturated rings. The molecule has 25 heavy (non-hydrogen) atoms. The summed E-state index contributed by atoms with van der Waals surface area (Å²) in [5.74, 6) is 0.498. The number of anilines is 2. The van der Waals surface area contributed by atoms with Crippen LogP contribution >= 0.6 is 11.3 Å². The van der Waals surface area contributed by atoms with Crippen LogP contribution in [0.2, 0.25) is 0 Å². The van der Waals surface area contributed by atoms with Gasteiger partial charge in [-0.25, -0.2) is 4.68 Å². The normalized spacial score (nSPS) is 16.3. The van der Waals surface area contributed by atoms with E-state index in [4.69, 9.17) is 0 Å². The van der Waals surface area contributed by atoms with Crippen LogP contribution in [-0.4, -0.2) is 20.7 Å². The molecular formula is C18H17N5OS. The third-order valence-electron chi connectivity index (χ3n) is 4.13. The molecule has 1 atom stereocenters. The maximum absolute atomic E-state index is 13.1. The number of benzene rings is 1. The first kappa shape index (κ1) is 15.6. The van der Waals surface area contributed by atoms with Crippen molar-refractivity contribution in [1.29, 1.82) is 0 Å². The Morgan fingerprint density at radius 1 is 1.28 bits per heavy atom. The fourth-order valence-electron chi connectivity index (χ4n) is 3.02. The molecule has 3 aromatic rings. The maximum Gasteiger partial charge on any atom is 0.255 e.